The maximum atomic E-state index is 11.2. The van der Waals surface area contributed by atoms with Crippen LogP contribution in [0.2, 0.25) is 0 Å². The molecule has 0 saturated carbocycles. The zero-order valence-electron chi connectivity index (χ0n) is 8.62. The Morgan fingerprint density at radius 3 is 3.00 bits per heavy atom. The first-order valence-corrected chi connectivity index (χ1v) is 5.08. The molecule has 2 heterocycles. The van der Waals surface area contributed by atoms with Crippen LogP contribution < -0.4 is 5.32 Å². The average Bonchev–Trinajstić information content (AvgIpc) is 2.60. The molecule has 0 aliphatic carbocycles. The summed E-state index contributed by atoms with van der Waals surface area (Å²) < 4.78 is 4.79. The van der Waals surface area contributed by atoms with Crippen molar-refractivity contribution in [1.82, 2.24) is 20.5 Å². The number of ether oxygens (including phenoxy) is 1. The van der Waals surface area contributed by atoms with Crippen molar-refractivity contribution in [2.24, 2.45) is 5.92 Å². The number of hydrogen-bond acceptors (Lipinski definition) is 5. The van der Waals surface area contributed by atoms with E-state index in [1.165, 1.54) is 0 Å². The molecule has 6 heteroatoms. The van der Waals surface area contributed by atoms with Crippen LogP contribution in [-0.4, -0.2) is 40.8 Å². The van der Waals surface area contributed by atoms with E-state index in [1.807, 2.05) is 0 Å². The van der Waals surface area contributed by atoms with E-state index in [0.717, 1.165) is 25.3 Å². The van der Waals surface area contributed by atoms with Gasteiger partial charge in [-0.25, -0.2) is 9.78 Å². The second-order valence-corrected chi connectivity index (χ2v) is 3.55. The van der Waals surface area contributed by atoms with Crippen LogP contribution >= 0.6 is 0 Å². The van der Waals surface area contributed by atoms with Crippen LogP contribution in [-0.2, 0) is 11.2 Å². The van der Waals surface area contributed by atoms with Gasteiger partial charge in [-0.1, -0.05) is 0 Å². The van der Waals surface area contributed by atoms with Crippen LogP contribution in [0, 0.1) is 5.92 Å². The first kappa shape index (κ1) is 10.1. The minimum absolute atomic E-state index is 0.124. The van der Waals surface area contributed by atoms with Crippen LogP contribution in [0.15, 0.2) is 0 Å². The number of carbonyl (C=O) groups is 1. The van der Waals surface area contributed by atoms with Gasteiger partial charge >= 0.3 is 5.97 Å². The average molecular weight is 210 g/mol. The third-order valence-corrected chi connectivity index (χ3v) is 2.34. The van der Waals surface area contributed by atoms with E-state index in [1.54, 1.807) is 6.92 Å². The molecule has 1 aliphatic heterocycles. The van der Waals surface area contributed by atoms with E-state index in [2.05, 4.69) is 20.5 Å². The number of H-pyrrole nitrogens is 1. The van der Waals surface area contributed by atoms with Gasteiger partial charge in [0.1, 0.15) is 5.82 Å². The molecular formula is C9H14N4O2. The van der Waals surface area contributed by atoms with Gasteiger partial charge in [-0.2, -0.15) is 0 Å². The molecule has 0 unspecified atom stereocenters. The Morgan fingerprint density at radius 1 is 1.60 bits per heavy atom. The highest BCUT2D eigenvalue weighted by molar-refractivity contribution is 5.84. The quantitative estimate of drug-likeness (QED) is 0.669. The lowest BCUT2D eigenvalue weighted by Crippen LogP contribution is -2.43. The molecule has 0 radical (unpaired) electrons. The van der Waals surface area contributed by atoms with Crippen LogP contribution in [0.25, 0.3) is 0 Å². The zero-order chi connectivity index (χ0) is 10.7. The van der Waals surface area contributed by atoms with Gasteiger partial charge in [0.25, 0.3) is 5.82 Å². The van der Waals surface area contributed by atoms with Gasteiger partial charge in [-0.05, 0) is 25.9 Å². The first-order chi connectivity index (χ1) is 7.29. The summed E-state index contributed by atoms with van der Waals surface area (Å²) in [6.45, 7) is 4.12. The van der Waals surface area contributed by atoms with Crippen molar-refractivity contribution >= 4 is 5.97 Å². The predicted octanol–water partition coefficient (Wildman–Crippen LogP) is -0.257. The second kappa shape index (κ2) is 4.39. The number of esters is 1. The number of hydrogen-bond donors (Lipinski definition) is 2. The molecule has 2 N–H and O–H groups in total. The SMILES string of the molecule is CCOC(=O)c1n[nH]c(CC2CNC2)n1. The highest BCUT2D eigenvalue weighted by atomic mass is 16.5. The number of nitrogens with one attached hydrogen (secondary N) is 2. The van der Waals surface area contributed by atoms with Crippen LogP contribution in [0.5, 0.6) is 0 Å². The molecule has 0 spiro atoms. The van der Waals surface area contributed by atoms with E-state index < -0.39 is 5.97 Å². The number of aromatic nitrogens is 3. The molecule has 1 aromatic rings. The molecule has 0 atom stereocenters. The number of aromatic amines is 1. The summed E-state index contributed by atoms with van der Waals surface area (Å²) >= 11 is 0. The molecule has 0 aromatic carbocycles. The van der Waals surface area contributed by atoms with Gasteiger partial charge in [-0.15, -0.1) is 5.10 Å². The van der Waals surface area contributed by atoms with Crippen LogP contribution in [0.4, 0.5) is 0 Å². The van der Waals surface area contributed by atoms with Gasteiger partial charge in [0.15, 0.2) is 0 Å². The smallest absolute Gasteiger partial charge is 0.378 e. The molecular weight excluding hydrogens is 196 g/mol. The fraction of sp³-hybridized carbons (Fsp3) is 0.667. The fourth-order valence-electron chi connectivity index (χ4n) is 1.44. The van der Waals surface area contributed by atoms with E-state index in [4.69, 9.17) is 4.74 Å². The van der Waals surface area contributed by atoms with Gasteiger partial charge in [0.2, 0.25) is 0 Å². The van der Waals surface area contributed by atoms with Crippen LogP contribution in [0.3, 0.4) is 0 Å². The molecule has 2 rings (SSSR count). The van der Waals surface area contributed by atoms with E-state index in [9.17, 15) is 4.79 Å². The van der Waals surface area contributed by atoms with Gasteiger partial charge in [0.05, 0.1) is 6.61 Å². The molecule has 1 aliphatic rings. The molecule has 0 amide bonds. The lowest BCUT2D eigenvalue weighted by atomic mass is 9.99. The summed E-state index contributed by atoms with van der Waals surface area (Å²) in [7, 11) is 0. The van der Waals surface area contributed by atoms with Crippen molar-refractivity contribution in [3.8, 4) is 0 Å². The zero-order valence-corrected chi connectivity index (χ0v) is 8.62. The van der Waals surface area contributed by atoms with Crippen molar-refractivity contribution in [2.45, 2.75) is 13.3 Å². The van der Waals surface area contributed by atoms with E-state index in [-0.39, 0.29) is 5.82 Å². The summed E-state index contributed by atoms with van der Waals surface area (Å²) in [6, 6.07) is 0. The predicted molar refractivity (Wildman–Crippen MR) is 52.4 cm³/mol. The summed E-state index contributed by atoms with van der Waals surface area (Å²) in [5.41, 5.74) is 0. The number of rotatable bonds is 4. The molecule has 6 nitrogen and oxygen atoms in total. The lowest BCUT2D eigenvalue weighted by Gasteiger charge is -2.25. The maximum absolute atomic E-state index is 11.2. The summed E-state index contributed by atoms with van der Waals surface area (Å²) in [4.78, 5) is 15.3. The van der Waals surface area contributed by atoms with Crippen LogP contribution in [0.1, 0.15) is 23.4 Å². The van der Waals surface area contributed by atoms with Crippen molar-refractivity contribution in [3.05, 3.63) is 11.6 Å². The number of nitrogens with zero attached hydrogens (tertiary/aromatic N) is 2. The number of carbonyl (C=O) groups excluding carboxylic acids is 1. The topological polar surface area (TPSA) is 79.9 Å². The third-order valence-electron chi connectivity index (χ3n) is 2.34. The standard InChI is InChI=1S/C9H14N4O2/c1-2-15-9(14)8-11-7(12-13-8)3-6-4-10-5-6/h6,10H,2-5H2,1H3,(H,11,12,13). The van der Waals surface area contributed by atoms with Crippen molar-refractivity contribution in [1.29, 1.82) is 0 Å². The maximum Gasteiger partial charge on any atom is 0.378 e. The monoisotopic (exact) mass is 210 g/mol. The summed E-state index contributed by atoms with van der Waals surface area (Å²) in [6.07, 6.45) is 0.833. The molecule has 1 aromatic heterocycles. The Kier molecular flexibility index (Phi) is 2.96. The van der Waals surface area contributed by atoms with Gasteiger partial charge in [0, 0.05) is 6.42 Å². The summed E-state index contributed by atoms with van der Waals surface area (Å²) in [5, 5.41) is 9.75. The van der Waals surface area contributed by atoms with Gasteiger partial charge in [-0.3, -0.25) is 5.10 Å². The Balaban J connectivity index is 1.93. The summed E-state index contributed by atoms with van der Waals surface area (Å²) in [5.74, 6) is 1.02. The minimum atomic E-state index is -0.466. The Labute approximate surface area is 87.4 Å². The Morgan fingerprint density at radius 2 is 2.40 bits per heavy atom. The normalized spacial score (nSPS) is 16.1. The molecule has 0 bridgehead atoms. The van der Waals surface area contributed by atoms with E-state index in [0.29, 0.717) is 12.5 Å². The molecule has 82 valence electrons. The largest absolute Gasteiger partial charge is 0.460 e. The second-order valence-electron chi connectivity index (χ2n) is 3.55. The lowest BCUT2D eigenvalue weighted by molar-refractivity contribution is 0.0512. The van der Waals surface area contributed by atoms with Crippen molar-refractivity contribution < 1.29 is 9.53 Å². The highest BCUT2D eigenvalue weighted by Gasteiger charge is 2.20. The van der Waals surface area contributed by atoms with E-state index >= 15 is 0 Å². The Bertz CT molecular complexity index is 346. The minimum Gasteiger partial charge on any atom is -0.460 e. The fourth-order valence-corrected chi connectivity index (χ4v) is 1.44. The third kappa shape index (κ3) is 2.33. The van der Waals surface area contributed by atoms with Crippen molar-refractivity contribution in [3.63, 3.8) is 0 Å². The Hall–Kier alpha value is -1.43. The first-order valence-electron chi connectivity index (χ1n) is 5.08. The molecule has 1 saturated heterocycles. The molecule has 1 fully saturated rings. The molecule has 15 heavy (non-hydrogen) atoms. The highest BCUT2D eigenvalue weighted by Crippen LogP contribution is 2.09. The van der Waals surface area contributed by atoms with Gasteiger partial charge < -0.3 is 10.1 Å². The van der Waals surface area contributed by atoms with Crippen molar-refractivity contribution in [2.75, 3.05) is 19.7 Å².